The van der Waals surface area contributed by atoms with Gasteiger partial charge in [-0.1, -0.05) is 25.1 Å². The van der Waals surface area contributed by atoms with Crippen LogP contribution in [0.3, 0.4) is 0 Å². The maximum Gasteiger partial charge on any atom is 0.132 e. The van der Waals surface area contributed by atoms with Gasteiger partial charge in [0.25, 0.3) is 0 Å². The predicted octanol–water partition coefficient (Wildman–Crippen LogP) is 2.13. The average molecular weight is 222 g/mol. The van der Waals surface area contributed by atoms with Gasteiger partial charge in [0.15, 0.2) is 0 Å². The Morgan fingerprint density at radius 2 is 2.19 bits per heavy atom. The lowest BCUT2D eigenvalue weighted by Gasteiger charge is -2.16. The Morgan fingerprint density at radius 3 is 2.81 bits per heavy atom. The molecule has 1 saturated heterocycles. The minimum absolute atomic E-state index is 0.121. The lowest BCUT2D eigenvalue weighted by molar-refractivity contribution is 0.314. The fourth-order valence-corrected chi connectivity index (χ4v) is 2.32. The summed E-state index contributed by atoms with van der Waals surface area (Å²) in [7, 11) is 0. The minimum Gasteiger partial charge on any atom is -0.326 e. The molecule has 1 aliphatic heterocycles. The highest BCUT2D eigenvalue weighted by Crippen LogP contribution is 2.20. The minimum atomic E-state index is -0.121. The monoisotopic (exact) mass is 222 g/mol. The number of halogens is 1. The van der Waals surface area contributed by atoms with Crippen molar-refractivity contribution in [3.05, 3.63) is 35.1 Å². The van der Waals surface area contributed by atoms with Crippen LogP contribution in [0.25, 0.3) is 0 Å². The molecule has 0 radical (unpaired) electrons. The average Bonchev–Trinajstić information content (AvgIpc) is 2.67. The molecule has 1 unspecified atom stereocenters. The Hall–Kier alpha value is -0.930. The van der Waals surface area contributed by atoms with Crippen LogP contribution in [0.5, 0.6) is 0 Å². The summed E-state index contributed by atoms with van der Waals surface area (Å²) in [4.78, 5) is 2.31. The fraction of sp³-hybridized carbons (Fsp3) is 0.538. The highest BCUT2D eigenvalue weighted by atomic mass is 19.1. The van der Waals surface area contributed by atoms with Crippen molar-refractivity contribution in [3.8, 4) is 0 Å². The number of likely N-dealkylation sites (tertiary alicyclic amines) is 1. The summed E-state index contributed by atoms with van der Waals surface area (Å²) in [5, 5.41) is 0. The molecule has 2 nitrogen and oxygen atoms in total. The summed E-state index contributed by atoms with van der Waals surface area (Å²) < 4.78 is 13.9. The number of nitrogens with zero attached hydrogens (tertiary/aromatic N) is 1. The predicted molar refractivity (Wildman–Crippen MR) is 63.3 cm³/mol. The van der Waals surface area contributed by atoms with Gasteiger partial charge in [-0.2, -0.15) is 0 Å². The summed E-state index contributed by atoms with van der Waals surface area (Å²) in [6.07, 6.45) is 1.22. The molecule has 0 aliphatic carbocycles. The Morgan fingerprint density at radius 1 is 1.44 bits per heavy atom. The van der Waals surface area contributed by atoms with E-state index >= 15 is 0 Å². The van der Waals surface area contributed by atoms with E-state index in [0.29, 0.717) is 12.1 Å². The quantitative estimate of drug-likeness (QED) is 0.849. The van der Waals surface area contributed by atoms with Gasteiger partial charge in [0.05, 0.1) is 0 Å². The van der Waals surface area contributed by atoms with Gasteiger partial charge in [0, 0.05) is 30.8 Å². The molecule has 0 bridgehead atoms. The standard InChI is InChI=1S/C13H19FN2/c1-10-5-6-16(8-10)9-12-4-2-3-11(7-15)13(12)14/h2-4,10H,5-9,15H2,1H3. The molecule has 1 aliphatic rings. The van der Waals surface area contributed by atoms with Crippen LogP contribution in [0.2, 0.25) is 0 Å². The molecule has 1 aromatic rings. The third-order valence-electron chi connectivity index (χ3n) is 3.28. The second-order valence-corrected chi connectivity index (χ2v) is 4.72. The Kier molecular flexibility index (Phi) is 3.56. The third kappa shape index (κ3) is 2.42. The van der Waals surface area contributed by atoms with Crippen LogP contribution in [0.1, 0.15) is 24.5 Å². The van der Waals surface area contributed by atoms with Crippen LogP contribution >= 0.6 is 0 Å². The van der Waals surface area contributed by atoms with Crippen LogP contribution in [0.4, 0.5) is 4.39 Å². The summed E-state index contributed by atoms with van der Waals surface area (Å²) in [5.41, 5.74) is 6.89. The molecule has 1 heterocycles. The zero-order chi connectivity index (χ0) is 11.5. The van der Waals surface area contributed by atoms with E-state index in [1.807, 2.05) is 12.1 Å². The maximum atomic E-state index is 13.9. The molecule has 3 heteroatoms. The lowest BCUT2D eigenvalue weighted by atomic mass is 10.1. The van der Waals surface area contributed by atoms with Crippen molar-refractivity contribution in [2.45, 2.75) is 26.4 Å². The summed E-state index contributed by atoms with van der Waals surface area (Å²) in [6.45, 7) is 5.38. The number of nitrogens with two attached hydrogens (primary N) is 1. The zero-order valence-corrected chi connectivity index (χ0v) is 9.75. The summed E-state index contributed by atoms with van der Waals surface area (Å²) in [6, 6.07) is 5.50. The molecule has 0 amide bonds. The molecule has 16 heavy (non-hydrogen) atoms. The second-order valence-electron chi connectivity index (χ2n) is 4.72. The molecule has 1 aromatic carbocycles. The summed E-state index contributed by atoms with van der Waals surface area (Å²) >= 11 is 0. The van der Waals surface area contributed by atoms with E-state index in [9.17, 15) is 4.39 Å². The van der Waals surface area contributed by atoms with Gasteiger partial charge in [0.1, 0.15) is 5.82 Å². The first-order valence-electron chi connectivity index (χ1n) is 5.89. The van der Waals surface area contributed by atoms with Crippen LogP contribution < -0.4 is 5.73 Å². The molecule has 1 fully saturated rings. The first kappa shape index (κ1) is 11.6. The van der Waals surface area contributed by atoms with E-state index in [-0.39, 0.29) is 12.4 Å². The van der Waals surface area contributed by atoms with Crippen molar-refractivity contribution in [1.82, 2.24) is 4.90 Å². The Balaban J connectivity index is 2.09. The van der Waals surface area contributed by atoms with Crippen molar-refractivity contribution in [2.24, 2.45) is 11.7 Å². The van der Waals surface area contributed by atoms with Crippen LogP contribution in [0, 0.1) is 11.7 Å². The molecule has 0 spiro atoms. The van der Waals surface area contributed by atoms with E-state index < -0.39 is 0 Å². The summed E-state index contributed by atoms with van der Waals surface area (Å²) in [5.74, 6) is 0.616. The molecule has 0 aromatic heterocycles. The van der Waals surface area contributed by atoms with Crippen LogP contribution in [-0.2, 0) is 13.1 Å². The van der Waals surface area contributed by atoms with E-state index in [1.54, 1.807) is 6.07 Å². The highest BCUT2D eigenvalue weighted by molar-refractivity contribution is 5.25. The first-order valence-corrected chi connectivity index (χ1v) is 5.89. The van der Waals surface area contributed by atoms with E-state index in [0.717, 1.165) is 24.6 Å². The number of hydrogen-bond donors (Lipinski definition) is 1. The number of benzene rings is 1. The van der Waals surface area contributed by atoms with Gasteiger partial charge in [-0.25, -0.2) is 4.39 Å². The van der Waals surface area contributed by atoms with Crippen LogP contribution in [-0.4, -0.2) is 18.0 Å². The van der Waals surface area contributed by atoms with Crippen molar-refractivity contribution in [3.63, 3.8) is 0 Å². The van der Waals surface area contributed by atoms with Crippen molar-refractivity contribution in [1.29, 1.82) is 0 Å². The molecule has 88 valence electrons. The van der Waals surface area contributed by atoms with Gasteiger partial charge in [-0.05, 0) is 18.9 Å². The molecule has 0 saturated carbocycles. The first-order chi connectivity index (χ1) is 7.70. The van der Waals surface area contributed by atoms with Crippen molar-refractivity contribution < 1.29 is 4.39 Å². The molecular weight excluding hydrogens is 203 g/mol. The highest BCUT2D eigenvalue weighted by Gasteiger charge is 2.19. The molecular formula is C13H19FN2. The third-order valence-corrected chi connectivity index (χ3v) is 3.28. The van der Waals surface area contributed by atoms with E-state index in [1.165, 1.54) is 6.42 Å². The van der Waals surface area contributed by atoms with Crippen molar-refractivity contribution in [2.75, 3.05) is 13.1 Å². The zero-order valence-electron chi connectivity index (χ0n) is 9.75. The molecule has 2 rings (SSSR count). The SMILES string of the molecule is CC1CCN(Cc2cccc(CN)c2F)C1. The van der Waals surface area contributed by atoms with Gasteiger partial charge in [-0.15, -0.1) is 0 Å². The number of hydrogen-bond acceptors (Lipinski definition) is 2. The second kappa shape index (κ2) is 4.93. The van der Waals surface area contributed by atoms with Gasteiger partial charge in [0.2, 0.25) is 0 Å². The fourth-order valence-electron chi connectivity index (χ4n) is 2.32. The number of rotatable bonds is 3. The molecule has 1 atom stereocenters. The molecule has 2 N–H and O–H groups in total. The lowest BCUT2D eigenvalue weighted by Crippen LogP contribution is -2.20. The maximum absolute atomic E-state index is 13.9. The smallest absolute Gasteiger partial charge is 0.132 e. The normalized spacial score (nSPS) is 21.6. The van der Waals surface area contributed by atoms with Gasteiger partial charge < -0.3 is 5.73 Å². The Labute approximate surface area is 96.2 Å². The van der Waals surface area contributed by atoms with Crippen LogP contribution in [0.15, 0.2) is 18.2 Å². The van der Waals surface area contributed by atoms with E-state index in [2.05, 4.69) is 11.8 Å². The van der Waals surface area contributed by atoms with E-state index in [4.69, 9.17) is 5.73 Å². The Bertz CT molecular complexity index is 365. The van der Waals surface area contributed by atoms with Gasteiger partial charge >= 0.3 is 0 Å². The largest absolute Gasteiger partial charge is 0.326 e. The van der Waals surface area contributed by atoms with Crippen molar-refractivity contribution >= 4 is 0 Å². The van der Waals surface area contributed by atoms with Gasteiger partial charge in [-0.3, -0.25) is 4.90 Å². The topological polar surface area (TPSA) is 29.3 Å².